The molecule has 2 rings (SSSR count). The van der Waals surface area contributed by atoms with E-state index in [9.17, 15) is 0 Å². The topological polar surface area (TPSA) is 47.6 Å². The van der Waals surface area contributed by atoms with Crippen molar-refractivity contribution in [3.8, 4) is 0 Å². The Hall–Kier alpha value is -0.570. The summed E-state index contributed by atoms with van der Waals surface area (Å²) < 4.78 is 5.34. The number of amidine groups is 1. The predicted octanol–water partition coefficient (Wildman–Crippen LogP) is 2.10. The van der Waals surface area contributed by atoms with Gasteiger partial charge in [0.25, 0.3) is 0 Å². The van der Waals surface area contributed by atoms with Crippen LogP contribution in [0.15, 0.2) is 4.99 Å². The number of rotatable bonds is 3. The van der Waals surface area contributed by atoms with Crippen LogP contribution in [-0.2, 0) is 4.74 Å². The Morgan fingerprint density at radius 2 is 1.93 bits per heavy atom. The number of nitrogens with two attached hydrogens (primary N) is 1. The summed E-state index contributed by atoms with van der Waals surface area (Å²) in [5.74, 6) is 1.49. The monoisotopic (exact) mass is 210 g/mol. The average molecular weight is 210 g/mol. The molecule has 2 unspecified atom stereocenters. The molecule has 0 heterocycles. The zero-order valence-corrected chi connectivity index (χ0v) is 9.61. The highest BCUT2D eigenvalue weighted by atomic mass is 16.5. The maximum atomic E-state index is 6.05. The van der Waals surface area contributed by atoms with Gasteiger partial charge in [0.2, 0.25) is 0 Å². The molecule has 2 saturated carbocycles. The third kappa shape index (κ3) is 2.71. The molecule has 2 atom stereocenters. The van der Waals surface area contributed by atoms with Gasteiger partial charge in [-0.1, -0.05) is 12.8 Å². The lowest BCUT2D eigenvalue weighted by Gasteiger charge is -2.11. The van der Waals surface area contributed by atoms with Gasteiger partial charge >= 0.3 is 0 Å². The average Bonchev–Trinajstić information content (AvgIpc) is 2.87. The fourth-order valence-electron chi connectivity index (χ4n) is 2.79. The molecule has 0 radical (unpaired) electrons. The zero-order valence-electron chi connectivity index (χ0n) is 9.61. The second-order valence-electron chi connectivity index (χ2n) is 4.86. The van der Waals surface area contributed by atoms with Crippen LogP contribution in [0, 0.1) is 5.92 Å². The highest BCUT2D eigenvalue weighted by Crippen LogP contribution is 2.28. The standard InChI is InChI=1S/C12H22N2O/c1-15-11-7-6-10(8-11)14-12(13)9-4-2-3-5-9/h9-11H,2-8H2,1H3,(H2,13,14). The van der Waals surface area contributed by atoms with Crippen LogP contribution < -0.4 is 5.73 Å². The Balaban J connectivity index is 1.86. The summed E-state index contributed by atoms with van der Waals surface area (Å²) in [5.41, 5.74) is 6.05. The number of hydrogen-bond acceptors (Lipinski definition) is 2. The maximum Gasteiger partial charge on any atom is 0.0971 e. The minimum Gasteiger partial charge on any atom is -0.387 e. The van der Waals surface area contributed by atoms with Crippen LogP contribution in [0.1, 0.15) is 44.9 Å². The van der Waals surface area contributed by atoms with Gasteiger partial charge in [0.15, 0.2) is 0 Å². The van der Waals surface area contributed by atoms with Crippen molar-refractivity contribution >= 4 is 5.84 Å². The fraction of sp³-hybridized carbons (Fsp3) is 0.917. The molecule has 0 aliphatic heterocycles. The number of nitrogens with zero attached hydrogens (tertiary/aromatic N) is 1. The second kappa shape index (κ2) is 4.97. The van der Waals surface area contributed by atoms with Gasteiger partial charge in [0.1, 0.15) is 0 Å². The second-order valence-corrected chi connectivity index (χ2v) is 4.86. The Morgan fingerprint density at radius 1 is 1.20 bits per heavy atom. The van der Waals surface area contributed by atoms with E-state index >= 15 is 0 Å². The summed E-state index contributed by atoms with van der Waals surface area (Å²) in [7, 11) is 1.79. The van der Waals surface area contributed by atoms with E-state index in [-0.39, 0.29) is 0 Å². The normalized spacial score (nSPS) is 33.8. The molecule has 2 fully saturated rings. The zero-order chi connectivity index (χ0) is 10.7. The van der Waals surface area contributed by atoms with Crippen molar-refractivity contribution in [2.45, 2.75) is 57.1 Å². The number of aliphatic imine (C=N–C) groups is 1. The molecule has 2 aliphatic carbocycles. The van der Waals surface area contributed by atoms with Crippen LogP contribution in [0.2, 0.25) is 0 Å². The molecule has 0 spiro atoms. The minimum atomic E-state index is 0.412. The van der Waals surface area contributed by atoms with E-state index in [2.05, 4.69) is 4.99 Å². The van der Waals surface area contributed by atoms with E-state index in [0.29, 0.717) is 18.1 Å². The van der Waals surface area contributed by atoms with Gasteiger partial charge < -0.3 is 10.5 Å². The van der Waals surface area contributed by atoms with Crippen molar-refractivity contribution in [1.82, 2.24) is 0 Å². The number of ether oxygens (including phenoxy) is 1. The minimum absolute atomic E-state index is 0.412. The first-order valence-corrected chi connectivity index (χ1v) is 6.15. The molecule has 0 amide bonds. The molecule has 3 nitrogen and oxygen atoms in total. The fourth-order valence-corrected chi connectivity index (χ4v) is 2.79. The van der Waals surface area contributed by atoms with Gasteiger partial charge in [0, 0.05) is 13.0 Å². The molecular weight excluding hydrogens is 188 g/mol. The van der Waals surface area contributed by atoms with Gasteiger partial charge in [-0.2, -0.15) is 0 Å². The summed E-state index contributed by atoms with van der Waals surface area (Å²) in [6.07, 6.45) is 8.90. The molecule has 86 valence electrons. The highest BCUT2D eigenvalue weighted by molar-refractivity contribution is 5.83. The summed E-state index contributed by atoms with van der Waals surface area (Å²) in [6.45, 7) is 0. The van der Waals surface area contributed by atoms with Gasteiger partial charge in [-0.05, 0) is 32.1 Å². The van der Waals surface area contributed by atoms with Crippen molar-refractivity contribution in [2.24, 2.45) is 16.6 Å². The summed E-state index contributed by atoms with van der Waals surface area (Å²) in [4.78, 5) is 4.67. The molecule has 2 aliphatic rings. The lowest BCUT2D eigenvalue weighted by molar-refractivity contribution is 0.108. The van der Waals surface area contributed by atoms with Gasteiger partial charge in [-0.3, -0.25) is 4.99 Å². The maximum absolute atomic E-state index is 6.05. The van der Waals surface area contributed by atoms with Crippen molar-refractivity contribution in [2.75, 3.05) is 7.11 Å². The van der Waals surface area contributed by atoms with Crippen molar-refractivity contribution < 1.29 is 4.74 Å². The summed E-state index contributed by atoms with van der Waals surface area (Å²) in [5, 5.41) is 0. The predicted molar refractivity (Wildman–Crippen MR) is 62.0 cm³/mol. The Kier molecular flexibility index (Phi) is 3.62. The first-order chi connectivity index (χ1) is 7.29. The SMILES string of the molecule is COC1CCC(N=C(N)C2CCCC2)C1. The molecule has 0 aromatic heterocycles. The van der Waals surface area contributed by atoms with E-state index < -0.39 is 0 Å². The number of hydrogen-bond donors (Lipinski definition) is 1. The highest BCUT2D eigenvalue weighted by Gasteiger charge is 2.26. The molecule has 3 heteroatoms. The van der Waals surface area contributed by atoms with Crippen molar-refractivity contribution in [3.63, 3.8) is 0 Å². The van der Waals surface area contributed by atoms with E-state index in [1.165, 1.54) is 25.7 Å². The van der Waals surface area contributed by atoms with Crippen LogP contribution in [0.25, 0.3) is 0 Å². The van der Waals surface area contributed by atoms with Gasteiger partial charge in [-0.25, -0.2) is 0 Å². The van der Waals surface area contributed by atoms with E-state index in [1.54, 1.807) is 7.11 Å². The molecule has 0 bridgehead atoms. The van der Waals surface area contributed by atoms with E-state index in [4.69, 9.17) is 10.5 Å². The van der Waals surface area contributed by atoms with Crippen LogP contribution in [0.4, 0.5) is 0 Å². The smallest absolute Gasteiger partial charge is 0.0971 e. The van der Waals surface area contributed by atoms with Crippen LogP contribution in [0.5, 0.6) is 0 Å². The Bertz CT molecular complexity index is 234. The van der Waals surface area contributed by atoms with E-state index in [0.717, 1.165) is 25.1 Å². The number of methoxy groups -OCH3 is 1. The van der Waals surface area contributed by atoms with Gasteiger partial charge in [-0.15, -0.1) is 0 Å². The Labute approximate surface area is 92.1 Å². The lowest BCUT2D eigenvalue weighted by Crippen LogP contribution is -2.23. The van der Waals surface area contributed by atoms with Crippen molar-refractivity contribution in [3.05, 3.63) is 0 Å². The molecule has 2 N–H and O–H groups in total. The van der Waals surface area contributed by atoms with Crippen molar-refractivity contribution in [1.29, 1.82) is 0 Å². The quantitative estimate of drug-likeness (QED) is 0.573. The Morgan fingerprint density at radius 3 is 2.53 bits per heavy atom. The molecule has 15 heavy (non-hydrogen) atoms. The van der Waals surface area contributed by atoms with Crippen LogP contribution >= 0.6 is 0 Å². The van der Waals surface area contributed by atoms with E-state index in [1.807, 2.05) is 0 Å². The summed E-state index contributed by atoms with van der Waals surface area (Å²) >= 11 is 0. The molecule has 0 aromatic carbocycles. The third-order valence-electron chi connectivity index (χ3n) is 3.80. The largest absolute Gasteiger partial charge is 0.387 e. The van der Waals surface area contributed by atoms with Gasteiger partial charge in [0.05, 0.1) is 18.0 Å². The lowest BCUT2D eigenvalue weighted by atomic mass is 10.1. The molecule has 0 aromatic rings. The summed E-state index contributed by atoms with van der Waals surface area (Å²) in [6, 6.07) is 0.426. The molecular formula is C12H22N2O. The molecule has 0 saturated heterocycles. The first kappa shape index (κ1) is 10.9. The first-order valence-electron chi connectivity index (χ1n) is 6.15. The van der Waals surface area contributed by atoms with Crippen LogP contribution in [-0.4, -0.2) is 25.1 Å². The van der Waals surface area contributed by atoms with Crippen LogP contribution in [0.3, 0.4) is 0 Å². The third-order valence-corrected chi connectivity index (χ3v) is 3.80.